The lowest BCUT2D eigenvalue weighted by Gasteiger charge is -1.98. The number of aromatic nitrogens is 4. The average molecular weight is 1300 g/mol. The van der Waals surface area contributed by atoms with Gasteiger partial charge in [-0.15, -0.1) is 0 Å². The maximum atomic E-state index is 4.15. The minimum absolute atomic E-state index is 0.789. The van der Waals surface area contributed by atoms with E-state index in [1.165, 1.54) is 86.9 Å². The first-order valence-electron chi connectivity index (χ1n) is 34.1. The predicted molar refractivity (Wildman–Crippen MR) is 438 cm³/mol. The number of hydrogen-bond acceptors (Lipinski definition) is 4. The van der Waals surface area contributed by atoms with Gasteiger partial charge < -0.3 is 0 Å². The van der Waals surface area contributed by atoms with Crippen molar-refractivity contribution in [3.63, 3.8) is 0 Å². The second kappa shape index (κ2) is 51.2. The van der Waals surface area contributed by atoms with Crippen molar-refractivity contribution < 1.29 is 0 Å². The van der Waals surface area contributed by atoms with Gasteiger partial charge in [-0.2, -0.15) is 0 Å². The number of allylic oxidation sites excluding steroid dienone is 16. The van der Waals surface area contributed by atoms with Gasteiger partial charge in [0.05, 0.1) is 5.35 Å². The molecule has 0 N–H and O–H groups in total. The van der Waals surface area contributed by atoms with Gasteiger partial charge in [-0.1, -0.05) is 317 Å². The summed E-state index contributed by atoms with van der Waals surface area (Å²) in [4.78, 5) is 15.9. The maximum Gasteiger partial charge on any atom is 0.0558 e. The average Bonchev–Trinajstić information content (AvgIpc) is 3.80. The van der Waals surface area contributed by atoms with Gasteiger partial charge in [-0.3, -0.25) is 19.9 Å². The molecule has 12 rings (SSSR count). The number of benzene rings is 4. The summed E-state index contributed by atoms with van der Waals surface area (Å²) in [5.74, 6) is 0. The van der Waals surface area contributed by atoms with E-state index in [1.54, 1.807) is 29.7 Å². The molecule has 98 heavy (non-hydrogen) atoms. The molecule has 0 saturated heterocycles. The van der Waals surface area contributed by atoms with Crippen LogP contribution >= 0.6 is 0 Å². The van der Waals surface area contributed by atoms with Crippen LogP contribution in [-0.4, -0.2) is 19.9 Å². The van der Waals surface area contributed by atoms with E-state index >= 15 is 0 Å². The van der Waals surface area contributed by atoms with Crippen LogP contribution in [0.2, 0.25) is 0 Å². The van der Waals surface area contributed by atoms with E-state index in [9.17, 15) is 0 Å². The molecule has 0 fully saturated rings. The Morgan fingerprint density at radius 2 is 0.908 bits per heavy atom. The fourth-order valence-electron chi connectivity index (χ4n) is 8.71. The predicted octanol–water partition coefficient (Wildman–Crippen LogP) is 19.3. The first-order chi connectivity index (χ1) is 46.8. The Kier molecular flexibility index (Phi) is 44.8. The van der Waals surface area contributed by atoms with Crippen molar-refractivity contribution in [2.75, 3.05) is 0 Å². The van der Waals surface area contributed by atoms with Crippen molar-refractivity contribution in [1.29, 1.82) is 0 Å². The summed E-state index contributed by atoms with van der Waals surface area (Å²) < 4.78 is 0. The van der Waals surface area contributed by atoms with Crippen molar-refractivity contribution >= 4 is 52.6 Å². The molecule has 4 aromatic carbocycles. The largest absolute Gasteiger partial charge is 0.264 e. The monoisotopic (exact) mass is 1300 g/mol. The van der Waals surface area contributed by atoms with E-state index in [1.807, 2.05) is 123 Å². The molecule has 0 spiro atoms. The molecule has 0 radical (unpaired) electrons. The minimum atomic E-state index is 0.789. The number of hydrogen-bond donors (Lipinski definition) is 0. The Morgan fingerprint density at radius 3 is 1.23 bits per heavy atom. The Labute approximate surface area is 593 Å². The molecule has 4 heteroatoms. The van der Waals surface area contributed by atoms with E-state index in [0.717, 1.165) is 97.2 Å². The van der Waals surface area contributed by atoms with Crippen molar-refractivity contribution in [3.05, 3.63) is 377 Å². The second-order valence-electron chi connectivity index (χ2n) is 24.0. The van der Waals surface area contributed by atoms with Gasteiger partial charge in [0.1, 0.15) is 0 Å². The number of nitrogens with zero attached hydrogens (tertiary/aromatic N) is 4. The van der Waals surface area contributed by atoms with Gasteiger partial charge in [0, 0.05) is 42.9 Å². The summed E-state index contributed by atoms with van der Waals surface area (Å²) in [7, 11) is 0. The zero-order valence-electron chi connectivity index (χ0n) is 62.1. The quantitative estimate of drug-likeness (QED) is 0.166. The summed E-state index contributed by atoms with van der Waals surface area (Å²) >= 11 is 0. The van der Waals surface area contributed by atoms with E-state index in [2.05, 4.69) is 260 Å². The Morgan fingerprint density at radius 1 is 0.378 bits per heavy atom. The number of rotatable bonds is 6. The van der Waals surface area contributed by atoms with Crippen molar-refractivity contribution in [2.45, 2.75) is 147 Å². The fraction of sp³-hybridized carbons (Fsp3) is 0.234. The first kappa shape index (κ1) is 85.9. The van der Waals surface area contributed by atoms with E-state index in [4.69, 9.17) is 0 Å². The van der Waals surface area contributed by atoms with Crippen LogP contribution in [0.3, 0.4) is 0 Å². The lowest BCUT2D eigenvalue weighted by atomic mass is 10.1. The van der Waals surface area contributed by atoms with Crippen LogP contribution in [0.15, 0.2) is 290 Å². The lowest BCUT2D eigenvalue weighted by molar-refractivity contribution is 1.02. The molecule has 512 valence electrons. The van der Waals surface area contributed by atoms with E-state index in [0.29, 0.717) is 0 Å². The molecular formula is C94H116N4. The smallest absolute Gasteiger partial charge is 0.0558 e. The third-order valence-electron chi connectivity index (χ3n) is 15.5. The zero-order chi connectivity index (χ0) is 73.2. The third kappa shape index (κ3) is 40.3. The molecule has 0 atom stereocenters. The standard InChI is InChI=1S/2C9H12.2C8H11N.2C8H8.2C8H12.2C7H7N.2C7H8/c1-3-9-6-4-8(2)5-7-9;1-3-9-7-5-4-6-8(9)2;1-3-8-6-9-5-4-7(8)2;1-3-8-5-4-7(2)9-6-8;1-7-3-5-8(2)6-4-7;1-7-5-3-4-6-8(7)2;1-3-8-5-4-7(2)6-8;1-3-8-6-4-5-7(8)2;1-6-3-4-8-5-7(6)2;1-6-3-4-7(2)8-5-6;1-6-3-4-7(2)5-6;1-6-4-3-5-7(6)2/h2*4-7H,3H2,1-2H3;2*4-6H,3H2,1-2H3;2*3-6H,1-2H2;2*4-5H,3,6H2,1-2H3;2*3-5H,1-2H2;2*3-4H,1-2,5H2. The molecule has 0 saturated carbocycles. The highest BCUT2D eigenvalue weighted by atomic mass is 14.7. The van der Waals surface area contributed by atoms with Gasteiger partial charge in [-0.05, 0) is 211 Å². The highest BCUT2D eigenvalue weighted by Crippen LogP contribution is 2.21. The first-order valence-corrected chi connectivity index (χ1v) is 34.1. The molecule has 4 aromatic heterocycles. The topological polar surface area (TPSA) is 51.6 Å². The molecule has 0 unspecified atom stereocenters. The summed E-state index contributed by atoms with van der Waals surface area (Å²) in [6.07, 6.45) is 39.0. The number of aryl methyl sites for hydroxylation is 8. The molecule has 4 nitrogen and oxygen atoms in total. The molecule has 4 aliphatic carbocycles. The molecule has 0 aliphatic heterocycles. The molecule has 0 bridgehead atoms. The third-order valence-corrected chi connectivity index (χ3v) is 15.5. The molecular weight excluding hydrogens is 1190 g/mol. The highest BCUT2D eigenvalue weighted by Gasteiger charge is 2.02. The van der Waals surface area contributed by atoms with Crippen LogP contribution in [0.5, 0.6) is 0 Å². The van der Waals surface area contributed by atoms with E-state index < -0.39 is 0 Å². The lowest BCUT2D eigenvalue weighted by Crippen LogP contribution is -2.20. The SMILES string of the molecule is C=C1C=CC(=C)C1.C=C1C=CCC1=C.C=c1ccc(=C)cc1.C=c1ccc(=C)nc1.C=c1ccccc1=C.C=c1ccncc1=C.CCC1=C(C)C=CC1.CCC1=CC=C(C)C1.CCc1ccc(C)cc1.CCc1ccc(C)nc1.CCc1ccccc1C.CCc1cnccc1C. The Balaban J connectivity index is 0.000000535. The van der Waals surface area contributed by atoms with Crippen molar-refractivity contribution in [3.8, 4) is 0 Å². The second-order valence-corrected chi connectivity index (χ2v) is 24.0. The van der Waals surface area contributed by atoms with E-state index in [-0.39, 0.29) is 0 Å². The summed E-state index contributed by atoms with van der Waals surface area (Å²) in [6, 6.07) is 44.5. The van der Waals surface area contributed by atoms with Crippen LogP contribution < -0.4 is 41.9 Å². The summed E-state index contributed by atoms with van der Waals surface area (Å²) in [6.45, 7) is 70.5. The van der Waals surface area contributed by atoms with Gasteiger partial charge >= 0.3 is 0 Å². The fourth-order valence-corrected chi connectivity index (χ4v) is 8.71. The molecule has 8 aromatic rings. The van der Waals surface area contributed by atoms with Gasteiger partial charge in [0.2, 0.25) is 0 Å². The Bertz CT molecular complexity index is 3950. The summed E-state index contributed by atoms with van der Waals surface area (Å²) in [5.41, 5.74) is 21.4. The summed E-state index contributed by atoms with van der Waals surface area (Å²) in [5, 5.41) is 7.65. The highest BCUT2D eigenvalue weighted by molar-refractivity contribution is 5.42. The molecule has 0 amide bonds. The zero-order valence-corrected chi connectivity index (χ0v) is 62.1. The molecule has 4 heterocycles. The minimum Gasteiger partial charge on any atom is -0.264 e. The van der Waals surface area contributed by atoms with Gasteiger partial charge in [0.25, 0.3) is 0 Å². The van der Waals surface area contributed by atoms with Crippen LogP contribution in [0.4, 0.5) is 0 Å². The van der Waals surface area contributed by atoms with Gasteiger partial charge in [0.15, 0.2) is 0 Å². The van der Waals surface area contributed by atoms with Crippen LogP contribution in [0.25, 0.3) is 52.6 Å². The molecule has 4 aliphatic rings. The van der Waals surface area contributed by atoms with Crippen LogP contribution in [-0.2, 0) is 25.7 Å². The van der Waals surface area contributed by atoms with Crippen LogP contribution in [0, 0.1) is 27.7 Å². The normalized spacial score (nSPS) is 12.1. The number of pyridine rings is 4. The maximum absolute atomic E-state index is 4.15. The Hall–Kier alpha value is -10.2. The van der Waals surface area contributed by atoms with Gasteiger partial charge in [-0.25, -0.2) is 0 Å². The van der Waals surface area contributed by atoms with Crippen molar-refractivity contribution in [1.82, 2.24) is 19.9 Å². The van der Waals surface area contributed by atoms with Crippen molar-refractivity contribution in [2.24, 2.45) is 0 Å². The van der Waals surface area contributed by atoms with Crippen LogP contribution in [0.1, 0.15) is 139 Å².